The molecule has 2 aliphatic rings. The molecule has 2 N–H and O–H groups in total. The number of rotatable bonds is 7. The fourth-order valence-corrected chi connectivity index (χ4v) is 4.04. The minimum absolute atomic E-state index is 0. The Morgan fingerprint density at radius 2 is 2.24 bits per heavy atom. The van der Waals surface area contributed by atoms with E-state index in [1.165, 1.54) is 0 Å². The summed E-state index contributed by atoms with van der Waals surface area (Å²) in [6, 6.07) is 0.193. The van der Waals surface area contributed by atoms with E-state index in [0.717, 1.165) is 44.6 Å². The highest BCUT2D eigenvalue weighted by Crippen LogP contribution is 2.41. The summed E-state index contributed by atoms with van der Waals surface area (Å²) >= 11 is 0. The van der Waals surface area contributed by atoms with Gasteiger partial charge in [-0.2, -0.15) is 15.4 Å². The van der Waals surface area contributed by atoms with E-state index in [-0.39, 0.29) is 29.8 Å². The van der Waals surface area contributed by atoms with Crippen LogP contribution in [0.25, 0.3) is 0 Å². The first-order chi connectivity index (χ1) is 11.5. The van der Waals surface area contributed by atoms with E-state index in [1.54, 1.807) is 13.3 Å². The Labute approximate surface area is 155 Å². The third-order valence-corrected chi connectivity index (χ3v) is 5.68. The second kappa shape index (κ2) is 8.47. The molecule has 1 aliphatic heterocycles. The average Bonchev–Trinajstić information content (AvgIpc) is 3.13. The Balaban J connectivity index is 0.00000225. The molecular formula is C17H30ClN5O2. The predicted molar refractivity (Wildman–Crippen MR) is 97.3 cm³/mol. The quantitative estimate of drug-likeness (QED) is 0.760. The van der Waals surface area contributed by atoms with Crippen molar-refractivity contribution in [3.8, 4) is 0 Å². The molecule has 1 saturated heterocycles. The van der Waals surface area contributed by atoms with Crippen molar-refractivity contribution < 1.29 is 9.53 Å². The first-order valence-electron chi connectivity index (χ1n) is 8.91. The maximum atomic E-state index is 12.8. The number of methoxy groups -OCH3 is 1. The van der Waals surface area contributed by atoms with Gasteiger partial charge in [0.25, 0.3) is 0 Å². The lowest BCUT2D eigenvalue weighted by atomic mass is 9.68. The molecule has 1 aromatic heterocycles. The van der Waals surface area contributed by atoms with Crippen LogP contribution >= 0.6 is 12.4 Å². The molecule has 1 aliphatic carbocycles. The number of carbonyl (C=O) groups excluding carboxylic acids is 1. The van der Waals surface area contributed by atoms with Crippen LogP contribution < -0.4 is 5.32 Å². The molecule has 1 amide bonds. The molecule has 0 unspecified atom stereocenters. The van der Waals surface area contributed by atoms with E-state index in [9.17, 15) is 4.79 Å². The molecule has 142 valence electrons. The summed E-state index contributed by atoms with van der Waals surface area (Å²) in [6.45, 7) is 7.61. The van der Waals surface area contributed by atoms with Crippen LogP contribution in [0.3, 0.4) is 0 Å². The molecule has 8 heteroatoms. The van der Waals surface area contributed by atoms with Gasteiger partial charge in [-0.3, -0.25) is 9.69 Å². The molecule has 2 atom stereocenters. The normalized spacial score (nSPS) is 25.4. The van der Waals surface area contributed by atoms with Crippen LogP contribution in [-0.4, -0.2) is 59.1 Å². The largest absolute Gasteiger partial charge is 0.384 e. The number of halogens is 1. The highest BCUT2D eigenvalue weighted by molar-refractivity contribution is 5.85. The topological polar surface area (TPSA) is 83.1 Å². The summed E-state index contributed by atoms with van der Waals surface area (Å²) in [5.74, 6) is 1.16. The summed E-state index contributed by atoms with van der Waals surface area (Å²) in [5.41, 5.74) is 0.648. The SMILES string of the molecule is COCC1(C(=O)N[C@H]2CN(Cc3cn[nH]n3)C[C@@H]2C(C)C)CCC1.Cl. The maximum absolute atomic E-state index is 12.8. The van der Waals surface area contributed by atoms with E-state index in [0.29, 0.717) is 18.4 Å². The molecule has 2 fully saturated rings. The van der Waals surface area contributed by atoms with Crippen molar-refractivity contribution in [1.29, 1.82) is 0 Å². The molecule has 0 radical (unpaired) electrons. The van der Waals surface area contributed by atoms with E-state index >= 15 is 0 Å². The zero-order chi connectivity index (χ0) is 17.2. The van der Waals surface area contributed by atoms with Crippen molar-refractivity contribution in [2.24, 2.45) is 17.3 Å². The van der Waals surface area contributed by atoms with Crippen molar-refractivity contribution in [3.63, 3.8) is 0 Å². The van der Waals surface area contributed by atoms with Gasteiger partial charge in [-0.15, -0.1) is 12.4 Å². The first-order valence-corrected chi connectivity index (χ1v) is 8.91. The highest BCUT2D eigenvalue weighted by atomic mass is 35.5. The van der Waals surface area contributed by atoms with Crippen molar-refractivity contribution in [3.05, 3.63) is 11.9 Å². The van der Waals surface area contributed by atoms with Gasteiger partial charge >= 0.3 is 0 Å². The van der Waals surface area contributed by atoms with Gasteiger partial charge in [0.2, 0.25) is 5.91 Å². The Hall–Kier alpha value is -1.18. The van der Waals surface area contributed by atoms with Crippen molar-refractivity contribution in [2.45, 2.75) is 45.7 Å². The lowest BCUT2D eigenvalue weighted by Crippen LogP contribution is -2.53. The number of aromatic nitrogens is 3. The fourth-order valence-electron chi connectivity index (χ4n) is 4.04. The van der Waals surface area contributed by atoms with E-state index < -0.39 is 0 Å². The lowest BCUT2D eigenvalue weighted by Gasteiger charge is -2.40. The van der Waals surface area contributed by atoms with Crippen molar-refractivity contribution in [1.82, 2.24) is 25.6 Å². The van der Waals surface area contributed by atoms with Crippen LogP contribution in [0.4, 0.5) is 0 Å². The van der Waals surface area contributed by atoms with Crippen LogP contribution in [0.2, 0.25) is 0 Å². The summed E-state index contributed by atoms with van der Waals surface area (Å²) in [7, 11) is 1.68. The second-order valence-electron chi connectivity index (χ2n) is 7.71. The molecule has 25 heavy (non-hydrogen) atoms. The van der Waals surface area contributed by atoms with E-state index in [4.69, 9.17) is 4.74 Å². The van der Waals surface area contributed by atoms with Crippen LogP contribution in [0.15, 0.2) is 6.20 Å². The summed E-state index contributed by atoms with van der Waals surface area (Å²) in [4.78, 5) is 15.2. The van der Waals surface area contributed by atoms with Crippen LogP contribution in [0.5, 0.6) is 0 Å². The molecule has 3 rings (SSSR count). The second-order valence-corrected chi connectivity index (χ2v) is 7.71. The van der Waals surface area contributed by atoms with E-state index in [1.807, 2.05) is 0 Å². The number of nitrogens with one attached hydrogen (secondary N) is 2. The number of hydrogen-bond acceptors (Lipinski definition) is 5. The van der Waals surface area contributed by atoms with Gasteiger partial charge in [0.1, 0.15) is 0 Å². The van der Waals surface area contributed by atoms with E-state index in [2.05, 4.69) is 39.5 Å². The van der Waals surface area contributed by atoms with Crippen molar-refractivity contribution in [2.75, 3.05) is 26.8 Å². The number of nitrogens with zero attached hydrogens (tertiary/aromatic N) is 3. The standard InChI is InChI=1S/C17H29N5O2.ClH/c1-12(2)14-9-22(8-13-7-18-21-20-13)10-15(14)19-16(23)17(11-24-3)5-4-6-17;/h7,12,14-15H,4-6,8-11H2,1-3H3,(H,19,23)(H,18,20,21);1H/t14-,15+;/m1./s1. The molecule has 2 heterocycles. The van der Waals surface area contributed by atoms with Gasteiger partial charge in [-0.05, 0) is 24.7 Å². The van der Waals surface area contributed by atoms with Gasteiger partial charge < -0.3 is 10.1 Å². The maximum Gasteiger partial charge on any atom is 0.228 e. The Bertz CT molecular complexity index is 547. The smallest absolute Gasteiger partial charge is 0.228 e. The molecule has 0 bridgehead atoms. The molecule has 7 nitrogen and oxygen atoms in total. The average molecular weight is 372 g/mol. The number of aromatic amines is 1. The Morgan fingerprint density at radius 1 is 1.48 bits per heavy atom. The van der Waals surface area contributed by atoms with Gasteiger partial charge in [-0.1, -0.05) is 20.3 Å². The molecule has 0 aromatic carbocycles. The van der Waals surface area contributed by atoms with Crippen molar-refractivity contribution >= 4 is 18.3 Å². The summed E-state index contributed by atoms with van der Waals surface area (Å²) in [6.07, 6.45) is 4.76. The third kappa shape index (κ3) is 4.33. The molecule has 0 spiro atoms. The lowest BCUT2D eigenvalue weighted by molar-refractivity contribution is -0.141. The number of ether oxygens (including phenoxy) is 1. The Morgan fingerprint density at radius 3 is 2.76 bits per heavy atom. The predicted octanol–water partition coefficient (Wildman–Crippen LogP) is 1.62. The Kier molecular flexibility index (Phi) is 6.82. The number of hydrogen-bond donors (Lipinski definition) is 2. The van der Waals surface area contributed by atoms with Gasteiger partial charge in [0.15, 0.2) is 0 Å². The van der Waals surface area contributed by atoms with Gasteiger partial charge in [0.05, 0.1) is 23.9 Å². The number of H-pyrrole nitrogens is 1. The van der Waals surface area contributed by atoms with Crippen LogP contribution in [-0.2, 0) is 16.1 Å². The minimum Gasteiger partial charge on any atom is -0.384 e. The number of carbonyl (C=O) groups is 1. The molecule has 1 aromatic rings. The minimum atomic E-state index is -0.296. The monoisotopic (exact) mass is 371 g/mol. The summed E-state index contributed by atoms with van der Waals surface area (Å²) in [5, 5.41) is 14.0. The van der Waals surface area contributed by atoms with Crippen LogP contribution in [0, 0.1) is 17.3 Å². The fraction of sp³-hybridized carbons (Fsp3) is 0.824. The first kappa shape index (κ1) is 20.1. The number of likely N-dealkylation sites (tertiary alicyclic amines) is 1. The molecule has 1 saturated carbocycles. The number of amides is 1. The van der Waals surface area contributed by atoms with Crippen LogP contribution in [0.1, 0.15) is 38.8 Å². The highest BCUT2D eigenvalue weighted by Gasteiger charge is 2.46. The summed E-state index contributed by atoms with van der Waals surface area (Å²) < 4.78 is 5.31. The third-order valence-electron chi connectivity index (χ3n) is 5.68. The zero-order valence-corrected chi connectivity index (χ0v) is 16.1. The molecular weight excluding hydrogens is 342 g/mol. The van der Waals surface area contributed by atoms with Gasteiger partial charge in [-0.25, -0.2) is 0 Å². The zero-order valence-electron chi connectivity index (χ0n) is 15.3. The van der Waals surface area contributed by atoms with Gasteiger partial charge in [0, 0.05) is 32.8 Å².